The molecule has 0 radical (unpaired) electrons. The maximum atomic E-state index is 6.59. The molecule has 3 heterocycles. The fraction of sp³-hybridized carbons (Fsp3) is 0.240. The van der Waals surface area contributed by atoms with E-state index >= 15 is 0 Å². The number of hydrogen-bond acceptors (Lipinski definition) is 7. The Labute approximate surface area is 202 Å². The number of rotatable bonds is 6. The highest BCUT2D eigenvalue weighted by atomic mass is 35.5. The summed E-state index contributed by atoms with van der Waals surface area (Å²) in [6, 6.07) is 17.7. The summed E-state index contributed by atoms with van der Waals surface area (Å²) < 4.78 is 6.42. The van der Waals surface area contributed by atoms with E-state index in [0.29, 0.717) is 10.8 Å². The molecule has 0 unspecified atom stereocenters. The predicted octanol–water partition coefficient (Wildman–Crippen LogP) is 6.05. The van der Waals surface area contributed by atoms with Gasteiger partial charge in [0.05, 0.1) is 15.9 Å². The van der Waals surface area contributed by atoms with Gasteiger partial charge in [-0.2, -0.15) is 0 Å². The molecular weight excluding hydrogens is 454 g/mol. The summed E-state index contributed by atoms with van der Waals surface area (Å²) in [5.74, 6) is 1.50. The smallest absolute Gasteiger partial charge is 0.145 e. The minimum Gasteiger partial charge on any atom is -0.489 e. The number of nitrogens with one attached hydrogen (secondary N) is 1. The molecule has 0 bridgehead atoms. The van der Waals surface area contributed by atoms with Crippen LogP contribution in [0, 0.1) is 0 Å². The zero-order chi connectivity index (χ0) is 22.6. The molecule has 0 saturated carbocycles. The number of anilines is 2. The second kappa shape index (κ2) is 9.95. The first-order valence-corrected chi connectivity index (χ1v) is 12.1. The van der Waals surface area contributed by atoms with Gasteiger partial charge < -0.3 is 15.0 Å². The zero-order valence-electron chi connectivity index (χ0n) is 18.2. The number of benzene rings is 2. The van der Waals surface area contributed by atoms with Gasteiger partial charge in [0, 0.05) is 29.9 Å². The van der Waals surface area contributed by atoms with E-state index in [-0.39, 0.29) is 6.10 Å². The first-order valence-electron chi connectivity index (χ1n) is 10.9. The van der Waals surface area contributed by atoms with Gasteiger partial charge in [-0.25, -0.2) is 15.0 Å². The molecule has 2 aromatic carbocycles. The Morgan fingerprint density at radius 3 is 2.70 bits per heavy atom. The van der Waals surface area contributed by atoms with Crippen molar-refractivity contribution in [3.63, 3.8) is 0 Å². The first-order chi connectivity index (χ1) is 16.2. The molecule has 33 heavy (non-hydrogen) atoms. The Kier molecular flexibility index (Phi) is 6.62. The summed E-state index contributed by atoms with van der Waals surface area (Å²) in [5.41, 5.74) is 1.69. The van der Waals surface area contributed by atoms with E-state index in [2.05, 4.69) is 32.2 Å². The topological polar surface area (TPSA) is 63.2 Å². The van der Waals surface area contributed by atoms with E-state index in [1.165, 1.54) is 11.8 Å². The Morgan fingerprint density at radius 2 is 1.91 bits per heavy atom. The van der Waals surface area contributed by atoms with Crippen LogP contribution in [0.25, 0.3) is 10.9 Å². The van der Waals surface area contributed by atoms with Crippen molar-refractivity contribution >= 4 is 45.8 Å². The Balaban J connectivity index is 1.40. The van der Waals surface area contributed by atoms with Gasteiger partial charge in [0.25, 0.3) is 0 Å². The lowest BCUT2D eigenvalue weighted by atomic mass is 10.1. The van der Waals surface area contributed by atoms with E-state index in [0.717, 1.165) is 58.2 Å². The van der Waals surface area contributed by atoms with E-state index in [9.17, 15) is 0 Å². The third-order valence-corrected chi connectivity index (χ3v) is 7.08. The Bertz CT molecular complexity index is 1240. The lowest BCUT2D eigenvalue weighted by Gasteiger charge is -2.29. The predicted molar refractivity (Wildman–Crippen MR) is 134 cm³/mol. The molecule has 1 fully saturated rings. The normalized spacial score (nSPS) is 15.0. The highest BCUT2D eigenvalue weighted by Gasteiger charge is 2.20. The van der Waals surface area contributed by atoms with Gasteiger partial charge in [-0.05, 0) is 62.4 Å². The second-order valence-corrected chi connectivity index (χ2v) is 9.50. The molecule has 0 spiro atoms. The van der Waals surface area contributed by atoms with Crippen LogP contribution < -0.4 is 10.1 Å². The van der Waals surface area contributed by atoms with Gasteiger partial charge in [-0.15, -0.1) is 0 Å². The average Bonchev–Trinajstić information content (AvgIpc) is 2.83. The van der Waals surface area contributed by atoms with Crippen LogP contribution in [0.15, 0.2) is 77.0 Å². The number of pyridine rings is 1. The number of piperidine rings is 1. The summed E-state index contributed by atoms with van der Waals surface area (Å²) in [4.78, 5) is 16.6. The third kappa shape index (κ3) is 5.21. The molecule has 168 valence electrons. The summed E-state index contributed by atoms with van der Waals surface area (Å²) in [7, 11) is 2.15. The quantitative estimate of drug-likeness (QED) is 0.363. The van der Waals surface area contributed by atoms with Crippen molar-refractivity contribution in [2.45, 2.75) is 28.9 Å². The molecule has 0 aliphatic carbocycles. The minimum atomic E-state index is 0.192. The molecule has 5 rings (SSSR count). The lowest BCUT2D eigenvalue weighted by Crippen LogP contribution is -2.35. The van der Waals surface area contributed by atoms with Gasteiger partial charge in [0.1, 0.15) is 29.0 Å². The van der Waals surface area contributed by atoms with Crippen molar-refractivity contribution in [2.75, 3.05) is 25.5 Å². The standard InChI is InChI=1S/C25H24ClN5OS/c1-31-13-10-18(11-14-31)32-21-6-4-5-20-24(21)25(29-16-28-20)30-17-8-9-22(19(26)15-17)33-23-7-2-3-12-27-23/h2-9,12,15-16,18H,10-11,13-14H2,1H3,(H,28,29,30). The third-order valence-electron chi connectivity index (χ3n) is 5.63. The fourth-order valence-corrected chi connectivity index (χ4v) is 4.95. The number of nitrogens with zero attached hydrogens (tertiary/aromatic N) is 4. The van der Waals surface area contributed by atoms with Crippen molar-refractivity contribution in [1.29, 1.82) is 0 Å². The maximum absolute atomic E-state index is 6.59. The summed E-state index contributed by atoms with van der Waals surface area (Å²) in [6.07, 6.45) is 5.55. The molecule has 1 N–H and O–H groups in total. The van der Waals surface area contributed by atoms with Crippen molar-refractivity contribution in [1.82, 2.24) is 19.9 Å². The van der Waals surface area contributed by atoms with Gasteiger partial charge in [0.15, 0.2) is 0 Å². The molecule has 1 saturated heterocycles. The number of halogens is 1. The van der Waals surface area contributed by atoms with E-state index in [1.807, 2.05) is 54.6 Å². The molecule has 1 aliphatic heterocycles. The molecule has 6 nitrogen and oxygen atoms in total. The fourth-order valence-electron chi connectivity index (χ4n) is 3.87. The number of ether oxygens (including phenoxy) is 1. The van der Waals surface area contributed by atoms with Crippen molar-refractivity contribution < 1.29 is 4.74 Å². The van der Waals surface area contributed by atoms with E-state index in [4.69, 9.17) is 16.3 Å². The lowest BCUT2D eigenvalue weighted by molar-refractivity contribution is 0.116. The van der Waals surface area contributed by atoms with E-state index in [1.54, 1.807) is 12.5 Å². The van der Waals surface area contributed by atoms with Crippen LogP contribution in [-0.2, 0) is 0 Å². The number of fused-ring (bicyclic) bond motifs is 1. The number of aromatic nitrogens is 3. The molecule has 8 heteroatoms. The van der Waals surface area contributed by atoms with Crippen LogP contribution in [0.2, 0.25) is 5.02 Å². The maximum Gasteiger partial charge on any atom is 0.145 e. The van der Waals surface area contributed by atoms with Crippen molar-refractivity contribution in [3.05, 3.63) is 72.1 Å². The van der Waals surface area contributed by atoms with Crippen molar-refractivity contribution in [3.8, 4) is 5.75 Å². The van der Waals surface area contributed by atoms with E-state index < -0.39 is 0 Å². The summed E-state index contributed by atoms with van der Waals surface area (Å²) >= 11 is 8.12. The second-order valence-electron chi connectivity index (χ2n) is 8.03. The summed E-state index contributed by atoms with van der Waals surface area (Å²) in [5, 5.41) is 5.84. The number of likely N-dealkylation sites (tertiary alicyclic amines) is 1. The van der Waals surface area contributed by atoms with Crippen LogP contribution in [0.1, 0.15) is 12.8 Å². The zero-order valence-corrected chi connectivity index (χ0v) is 19.8. The highest BCUT2D eigenvalue weighted by Crippen LogP contribution is 2.36. The van der Waals surface area contributed by atoms with Gasteiger partial charge in [0.2, 0.25) is 0 Å². The van der Waals surface area contributed by atoms with Gasteiger partial charge in [-0.1, -0.05) is 35.5 Å². The van der Waals surface area contributed by atoms with Crippen LogP contribution in [0.5, 0.6) is 5.75 Å². The molecule has 2 aromatic heterocycles. The molecule has 1 aliphatic rings. The first kappa shape index (κ1) is 21.9. The van der Waals surface area contributed by atoms with Gasteiger partial charge >= 0.3 is 0 Å². The SMILES string of the molecule is CN1CCC(Oc2cccc3ncnc(Nc4ccc(Sc5ccccn5)c(Cl)c4)c23)CC1. The van der Waals surface area contributed by atoms with Crippen LogP contribution >= 0.6 is 23.4 Å². The number of hydrogen-bond donors (Lipinski definition) is 1. The molecule has 0 amide bonds. The Hall–Kier alpha value is -2.87. The molecule has 0 atom stereocenters. The molecular formula is C25H24ClN5OS. The molecule has 4 aromatic rings. The largest absolute Gasteiger partial charge is 0.489 e. The van der Waals surface area contributed by atoms with Crippen LogP contribution in [-0.4, -0.2) is 46.1 Å². The van der Waals surface area contributed by atoms with Crippen LogP contribution in [0.4, 0.5) is 11.5 Å². The highest BCUT2D eigenvalue weighted by molar-refractivity contribution is 7.99. The summed E-state index contributed by atoms with van der Waals surface area (Å²) in [6.45, 7) is 2.08. The minimum absolute atomic E-state index is 0.192. The van der Waals surface area contributed by atoms with Crippen LogP contribution in [0.3, 0.4) is 0 Å². The monoisotopic (exact) mass is 477 g/mol. The van der Waals surface area contributed by atoms with Gasteiger partial charge in [-0.3, -0.25) is 0 Å². The Morgan fingerprint density at radius 1 is 1.03 bits per heavy atom. The average molecular weight is 478 g/mol. The van der Waals surface area contributed by atoms with Crippen molar-refractivity contribution in [2.24, 2.45) is 0 Å².